The first-order valence-electron chi connectivity index (χ1n) is 4.54. The molecule has 0 spiro atoms. The molecule has 0 N–H and O–H groups in total. The average Bonchev–Trinajstić information content (AvgIpc) is 2.30. The van der Waals surface area contributed by atoms with Crippen LogP contribution >= 0.6 is 11.6 Å². The van der Waals surface area contributed by atoms with E-state index in [9.17, 15) is 10.1 Å². The number of nitro groups is 1. The molecule has 2 rings (SSSR count). The summed E-state index contributed by atoms with van der Waals surface area (Å²) < 4.78 is 0. The third-order valence-electron chi connectivity index (χ3n) is 2.10. The number of rotatable bonds is 2. The van der Waals surface area contributed by atoms with E-state index in [-0.39, 0.29) is 10.7 Å². The van der Waals surface area contributed by atoms with Gasteiger partial charge in [-0.15, -0.1) is 0 Å². The van der Waals surface area contributed by atoms with Gasteiger partial charge in [0.05, 0.1) is 16.8 Å². The molecular formula is C11H7ClN2O2. The van der Waals surface area contributed by atoms with Crippen LogP contribution in [0.15, 0.2) is 42.6 Å². The van der Waals surface area contributed by atoms with Crippen LogP contribution in [-0.2, 0) is 0 Å². The van der Waals surface area contributed by atoms with Crippen LogP contribution in [0.25, 0.3) is 11.3 Å². The highest BCUT2D eigenvalue weighted by atomic mass is 35.5. The lowest BCUT2D eigenvalue weighted by Crippen LogP contribution is -1.92. The molecule has 1 aromatic carbocycles. The predicted octanol–water partition coefficient (Wildman–Crippen LogP) is 3.31. The fraction of sp³-hybridized carbons (Fsp3) is 0. The maximum atomic E-state index is 10.7. The first-order valence-corrected chi connectivity index (χ1v) is 4.91. The van der Waals surface area contributed by atoms with Gasteiger partial charge in [-0.3, -0.25) is 15.1 Å². The number of aromatic nitrogens is 1. The molecule has 0 unspecified atom stereocenters. The van der Waals surface area contributed by atoms with Crippen molar-refractivity contribution in [2.75, 3.05) is 0 Å². The zero-order chi connectivity index (χ0) is 11.5. The fourth-order valence-corrected chi connectivity index (χ4v) is 1.51. The van der Waals surface area contributed by atoms with E-state index in [1.54, 1.807) is 0 Å². The SMILES string of the molecule is O=[N+]([O-])c1cc(-c2ccccc2)ncc1Cl. The van der Waals surface area contributed by atoms with Gasteiger partial charge in [-0.1, -0.05) is 41.9 Å². The van der Waals surface area contributed by atoms with E-state index in [1.807, 2.05) is 30.3 Å². The summed E-state index contributed by atoms with van der Waals surface area (Å²) >= 11 is 5.67. The van der Waals surface area contributed by atoms with Crippen LogP contribution in [0.3, 0.4) is 0 Å². The fourth-order valence-electron chi connectivity index (χ4n) is 1.33. The third kappa shape index (κ3) is 2.01. The molecule has 80 valence electrons. The maximum absolute atomic E-state index is 10.7. The van der Waals surface area contributed by atoms with Crippen LogP contribution in [0.1, 0.15) is 0 Å². The molecule has 0 amide bonds. The van der Waals surface area contributed by atoms with Gasteiger partial charge < -0.3 is 0 Å². The maximum Gasteiger partial charge on any atom is 0.291 e. The second kappa shape index (κ2) is 4.28. The largest absolute Gasteiger partial charge is 0.291 e. The first kappa shape index (κ1) is 10.6. The number of benzene rings is 1. The van der Waals surface area contributed by atoms with Crippen LogP contribution in [-0.4, -0.2) is 9.91 Å². The molecule has 5 heteroatoms. The normalized spacial score (nSPS) is 10.1. The van der Waals surface area contributed by atoms with E-state index in [4.69, 9.17) is 11.6 Å². The minimum absolute atomic E-state index is 0.0460. The van der Waals surface area contributed by atoms with Crippen LogP contribution in [0.2, 0.25) is 5.02 Å². The van der Waals surface area contributed by atoms with Crippen molar-refractivity contribution >= 4 is 17.3 Å². The van der Waals surface area contributed by atoms with Crippen molar-refractivity contribution in [3.05, 3.63) is 57.7 Å². The van der Waals surface area contributed by atoms with Gasteiger partial charge in [-0.2, -0.15) is 0 Å². The minimum atomic E-state index is -0.517. The van der Waals surface area contributed by atoms with Gasteiger partial charge in [-0.05, 0) is 0 Å². The third-order valence-corrected chi connectivity index (χ3v) is 2.39. The summed E-state index contributed by atoms with van der Waals surface area (Å²) in [7, 11) is 0. The van der Waals surface area contributed by atoms with E-state index in [2.05, 4.69) is 4.98 Å². The summed E-state index contributed by atoms with van der Waals surface area (Å²) in [5.41, 5.74) is 1.23. The Morgan fingerprint density at radius 2 is 1.94 bits per heavy atom. The Bertz CT molecular complexity index is 529. The zero-order valence-electron chi connectivity index (χ0n) is 8.13. The van der Waals surface area contributed by atoms with Crippen LogP contribution in [0.5, 0.6) is 0 Å². The second-order valence-corrected chi connectivity index (χ2v) is 3.55. The van der Waals surface area contributed by atoms with Gasteiger partial charge in [0.1, 0.15) is 5.02 Å². The number of halogens is 1. The molecule has 1 heterocycles. The number of hydrogen-bond acceptors (Lipinski definition) is 3. The Labute approximate surface area is 96.7 Å². The Morgan fingerprint density at radius 3 is 2.56 bits per heavy atom. The topological polar surface area (TPSA) is 56.0 Å². The summed E-state index contributed by atoms with van der Waals surface area (Å²) in [5, 5.41) is 10.7. The number of hydrogen-bond donors (Lipinski definition) is 0. The van der Waals surface area contributed by atoms with Gasteiger partial charge >= 0.3 is 0 Å². The molecular weight excluding hydrogens is 228 g/mol. The summed E-state index contributed by atoms with van der Waals surface area (Å²) in [5.74, 6) is 0. The smallest absolute Gasteiger partial charge is 0.258 e. The summed E-state index contributed by atoms with van der Waals surface area (Å²) in [6.45, 7) is 0. The Morgan fingerprint density at radius 1 is 1.25 bits per heavy atom. The van der Waals surface area contributed by atoms with E-state index in [0.29, 0.717) is 5.69 Å². The summed E-state index contributed by atoms with van der Waals surface area (Å²) in [6.07, 6.45) is 1.29. The van der Waals surface area contributed by atoms with E-state index in [0.717, 1.165) is 5.56 Å². The zero-order valence-corrected chi connectivity index (χ0v) is 8.89. The average molecular weight is 235 g/mol. The lowest BCUT2D eigenvalue weighted by molar-refractivity contribution is -0.384. The molecule has 0 fully saturated rings. The van der Waals surface area contributed by atoms with Crippen molar-refractivity contribution < 1.29 is 4.92 Å². The molecule has 0 saturated carbocycles. The van der Waals surface area contributed by atoms with Gasteiger partial charge in [0.25, 0.3) is 5.69 Å². The van der Waals surface area contributed by atoms with Crippen molar-refractivity contribution in [1.82, 2.24) is 4.98 Å². The molecule has 0 bridgehead atoms. The van der Waals surface area contributed by atoms with Crippen molar-refractivity contribution in [3.8, 4) is 11.3 Å². The van der Waals surface area contributed by atoms with Gasteiger partial charge in [0.2, 0.25) is 0 Å². The number of pyridine rings is 1. The lowest BCUT2D eigenvalue weighted by atomic mass is 10.1. The Hall–Kier alpha value is -1.94. The molecule has 2 aromatic rings. The standard InChI is InChI=1S/C11H7ClN2O2/c12-9-7-13-10(6-11(9)14(15)16)8-4-2-1-3-5-8/h1-7H. The van der Waals surface area contributed by atoms with Crippen LogP contribution < -0.4 is 0 Å². The summed E-state index contributed by atoms with van der Waals surface area (Å²) in [6, 6.07) is 10.6. The Balaban J connectivity index is 2.52. The molecule has 16 heavy (non-hydrogen) atoms. The Kier molecular flexibility index (Phi) is 2.83. The van der Waals surface area contributed by atoms with Crippen molar-refractivity contribution in [2.45, 2.75) is 0 Å². The molecule has 1 aromatic heterocycles. The summed E-state index contributed by atoms with van der Waals surface area (Å²) in [4.78, 5) is 14.2. The van der Waals surface area contributed by atoms with E-state index in [1.165, 1.54) is 12.3 Å². The van der Waals surface area contributed by atoms with Gasteiger partial charge in [-0.25, -0.2) is 0 Å². The van der Waals surface area contributed by atoms with E-state index >= 15 is 0 Å². The molecule has 0 aliphatic carbocycles. The molecule has 0 saturated heterocycles. The molecule has 0 aliphatic heterocycles. The highest BCUT2D eigenvalue weighted by molar-refractivity contribution is 6.32. The highest BCUT2D eigenvalue weighted by Gasteiger charge is 2.14. The van der Waals surface area contributed by atoms with Crippen molar-refractivity contribution in [1.29, 1.82) is 0 Å². The monoisotopic (exact) mass is 234 g/mol. The van der Waals surface area contributed by atoms with Crippen LogP contribution in [0, 0.1) is 10.1 Å². The minimum Gasteiger partial charge on any atom is -0.258 e. The second-order valence-electron chi connectivity index (χ2n) is 3.14. The van der Waals surface area contributed by atoms with Crippen molar-refractivity contribution in [3.63, 3.8) is 0 Å². The first-order chi connectivity index (χ1) is 7.68. The predicted molar refractivity (Wildman–Crippen MR) is 61.3 cm³/mol. The highest BCUT2D eigenvalue weighted by Crippen LogP contribution is 2.27. The lowest BCUT2D eigenvalue weighted by Gasteiger charge is -2.01. The quantitative estimate of drug-likeness (QED) is 0.592. The van der Waals surface area contributed by atoms with Gasteiger partial charge in [0, 0.05) is 11.6 Å². The van der Waals surface area contributed by atoms with Crippen LogP contribution in [0.4, 0.5) is 5.69 Å². The van der Waals surface area contributed by atoms with Crippen molar-refractivity contribution in [2.24, 2.45) is 0 Å². The molecule has 0 aliphatic rings. The van der Waals surface area contributed by atoms with Gasteiger partial charge in [0.15, 0.2) is 0 Å². The molecule has 4 nitrogen and oxygen atoms in total. The molecule has 0 atom stereocenters. The molecule has 0 radical (unpaired) electrons. The number of nitrogens with zero attached hydrogens (tertiary/aromatic N) is 2. The van der Waals surface area contributed by atoms with E-state index < -0.39 is 4.92 Å².